The van der Waals surface area contributed by atoms with E-state index in [1.807, 2.05) is 31.2 Å². The van der Waals surface area contributed by atoms with Gasteiger partial charge >= 0.3 is 0 Å². The second kappa shape index (κ2) is 9.33. The molecule has 27 heavy (non-hydrogen) atoms. The van der Waals surface area contributed by atoms with E-state index in [1.165, 1.54) is 6.08 Å². The molecule has 6 heteroatoms. The van der Waals surface area contributed by atoms with Crippen molar-refractivity contribution in [3.05, 3.63) is 58.6 Å². The summed E-state index contributed by atoms with van der Waals surface area (Å²) < 4.78 is 16.0. The number of ether oxygens (including phenoxy) is 3. The fourth-order valence-corrected chi connectivity index (χ4v) is 2.76. The first-order chi connectivity index (χ1) is 12.9. The third-order valence-corrected chi connectivity index (χ3v) is 4.64. The summed E-state index contributed by atoms with van der Waals surface area (Å²) in [5, 5.41) is 0.669. The summed E-state index contributed by atoms with van der Waals surface area (Å²) in [6.07, 6.45) is 3.24. The van der Waals surface area contributed by atoms with Gasteiger partial charge in [-0.05, 0) is 48.4 Å². The van der Waals surface area contributed by atoms with E-state index in [2.05, 4.69) is 0 Å². The molecule has 5 nitrogen and oxygen atoms in total. The summed E-state index contributed by atoms with van der Waals surface area (Å²) in [5.74, 6) is 1.46. The van der Waals surface area contributed by atoms with Crippen LogP contribution in [0.25, 0.3) is 6.08 Å². The predicted molar refractivity (Wildman–Crippen MR) is 108 cm³/mol. The molecule has 144 valence electrons. The molecule has 2 aromatic rings. The van der Waals surface area contributed by atoms with E-state index < -0.39 is 0 Å². The molecular weight excluding hydrogens is 366 g/mol. The summed E-state index contributed by atoms with van der Waals surface area (Å²) in [4.78, 5) is 14.2. The van der Waals surface area contributed by atoms with Gasteiger partial charge in [0.05, 0.1) is 27.4 Å². The third kappa shape index (κ3) is 4.95. The lowest BCUT2D eigenvalue weighted by atomic mass is 10.1. The minimum Gasteiger partial charge on any atom is -0.493 e. The average Bonchev–Trinajstić information content (AvgIpc) is 2.70. The largest absolute Gasteiger partial charge is 0.493 e. The molecule has 0 radical (unpaired) electrons. The number of amides is 1. The Labute approximate surface area is 165 Å². The molecular formula is C21H24ClNO4. The molecule has 0 saturated carbocycles. The molecule has 0 saturated heterocycles. The normalized spacial score (nSPS) is 11.9. The molecule has 0 fully saturated rings. The smallest absolute Gasteiger partial charge is 0.246 e. The van der Waals surface area contributed by atoms with Crippen molar-refractivity contribution < 1.29 is 19.0 Å². The van der Waals surface area contributed by atoms with Crippen LogP contribution in [0.5, 0.6) is 17.2 Å². The van der Waals surface area contributed by atoms with Crippen LogP contribution < -0.4 is 14.2 Å². The molecule has 0 aromatic heterocycles. The van der Waals surface area contributed by atoms with Gasteiger partial charge in [0.2, 0.25) is 11.7 Å². The van der Waals surface area contributed by atoms with Crippen LogP contribution in [0.1, 0.15) is 24.1 Å². The zero-order chi connectivity index (χ0) is 20.0. The molecule has 0 aliphatic rings. The molecule has 0 aliphatic heterocycles. The van der Waals surface area contributed by atoms with Gasteiger partial charge in [0.1, 0.15) is 0 Å². The van der Waals surface area contributed by atoms with Crippen molar-refractivity contribution in [3.63, 3.8) is 0 Å². The van der Waals surface area contributed by atoms with Crippen molar-refractivity contribution in [2.45, 2.75) is 13.0 Å². The minimum atomic E-state index is -0.119. The Morgan fingerprint density at radius 3 is 2.07 bits per heavy atom. The van der Waals surface area contributed by atoms with E-state index in [0.717, 1.165) is 11.1 Å². The number of rotatable bonds is 7. The van der Waals surface area contributed by atoms with Crippen molar-refractivity contribution >= 4 is 23.6 Å². The third-order valence-electron chi connectivity index (χ3n) is 4.39. The van der Waals surface area contributed by atoms with Gasteiger partial charge in [-0.1, -0.05) is 23.7 Å². The molecule has 1 atom stereocenters. The number of hydrogen-bond donors (Lipinski definition) is 0. The maximum Gasteiger partial charge on any atom is 0.246 e. The number of methoxy groups -OCH3 is 3. The summed E-state index contributed by atoms with van der Waals surface area (Å²) in [6, 6.07) is 11.0. The van der Waals surface area contributed by atoms with Gasteiger partial charge in [0.25, 0.3) is 0 Å². The van der Waals surface area contributed by atoms with Crippen LogP contribution in [-0.4, -0.2) is 39.2 Å². The molecule has 0 N–H and O–H groups in total. The SMILES string of the molecule is COc1cc(/C=C/C(=O)N(C)C(C)c2ccc(Cl)cc2)cc(OC)c1OC. The Bertz CT molecular complexity index is 792. The Balaban J connectivity index is 2.19. The minimum absolute atomic E-state index is 0.0839. The first-order valence-electron chi connectivity index (χ1n) is 8.41. The van der Waals surface area contributed by atoms with E-state index in [4.69, 9.17) is 25.8 Å². The van der Waals surface area contributed by atoms with Gasteiger partial charge in [-0.25, -0.2) is 0 Å². The van der Waals surface area contributed by atoms with Crippen molar-refractivity contribution in [3.8, 4) is 17.2 Å². The second-order valence-corrected chi connectivity index (χ2v) is 6.41. The average molecular weight is 390 g/mol. The van der Waals surface area contributed by atoms with Gasteiger partial charge < -0.3 is 19.1 Å². The van der Waals surface area contributed by atoms with E-state index in [0.29, 0.717) is 22.3 Å². The van der Waals surface area contributed by atoms with E-state index in [9.17, 15) is 4.79 Å². The van der Waals surface area contributed by atoms with Crippen molar-refractivity contribution in [1.82, 2.24) is 4.90 Å². The van der Waals surface area contributed by atoms with Crippen LogP contribution in [-0.2, 0) is 4.79 Å². The zero-order valence-electron chi connectivity index (χ0n) is 16.2. The summed E-state index contributed by atoms with van der Waals surface area (Å²) in [7, 11) is 6.42. The van der Waals surface area contributed by atoms with Gasteiger partial charge in [0.15, 0.2) is 11.5 Å². The molecule has 1 unspecified atom stereocenters. The lowest BCUT2D eigenvalue weighted by molar-refractivity contribution is -0.126. The number of benzene rings is 2. The van der Waals surface area contributed by atoms with Crippen LogP contribution in [0.4, 0.5) is 0 Å². The van der Waals surface area contributed by atoms with Crippen LogP contribution >= 0.6 is 11.6 Å². The Hall–Kier alpha value is -2.66. The molecule has 0 heterocycles. The van der Waals surface area contributed by atoms with Crippen LogP contribution in [0.3, 0.4) is 0 Å². The lowest BCUT2D eigenvalue weighted by Crippen LogP contribution is -2.27. The van der Waals surface area contributed by atoms with Crippen molar-refractivity contribution in [1.29, 1.82) is 0 Å². The van der Waals surface area contributed by atoms with E-state index >= 15 is 0 Å². The molecule has 2 rings (SSSR count). The quantitative estimate of drug-likeness (QED) is 0.649. The van der Waals surface area contributed by atoms with Crippen LogP contribution in [0.15, 0.2) is 42.5 Å². The molecule has 1 amide bonds. The van der Waals surface area contributed by atoms with Crippen molar-refractivity contribution in [2.24, 2.45) is 0 Å². The standard InChI is InChI=1S/C21H24ClNO4/c1-14(16-7-9-17(22)10-8-16)23(2)20(24)11-6-15-12-18(25-3)21(27-5)19(13-15)26-4/h6-14H,1-5H3/b11-6+. The fraction of sp³-hybridized carbons (Fsp3) is 0.286. The maximum atomic E-state index is 12.6. The number of halogens is 1. The highest BCUT2D eigenvalue weighted by Crippen LogP contribution is 2.38. The Kier molecular flexibility index (Phi) is 7.13. The molecule has 0 aliphatic carbocycles. The molecule has 0 spiro atoms. The van der Waals surface area contributed by atoms with Crippen LogP contribution in [0, 0.1) is 0 Å². The number of hydrogen-bond acceptors (Lipinski definition) is 4. The molecule has 0 bridgehead atoms. The topological polar surface area (TPSA) is 48.0 Å². The van der Waals surface area contributed by atoms with Gasteiger partial charge in [0, 0.05) is 18.1 Å². The number of likely N-dealkylation sites (N-methyl/N-ethyl adjacent to an activating group) is 1. The number of carbonyl (C=O) groups is 1. The summed E-state index contributed by atoms with van der Waals surface area (Å²) in [5.41, 5.74) is 1.78. The van der Waals surface area contributed by atoms with Gasteiger partial charge in [-0.2, -0.15) is 0 Å². The van der Waals surface area contributed by atoms with Crippen molar-refractivity contribution in [2.75, 3.05) is 28.4 Å². The monoisotopic (exact) mass is 389 g/mol. The number of nitrogens with zero attached hydrogens (tertiary/aromatic N) is 1. The highest BCUT2D eigenvalue weighted by molar-refractivity contribution is 6.30. The summed E-state index contributed by atoms with van der Waals surface area (Å²) >= 11 is 5.93. The highest BCUT2D eigenvalue weighted by atomic mass is 35.5. The predicted octanol–water partition coefficient (Wildman–Crippen LogP) is 4.60. The second-order valence-electron chi connectivity index (χ2n) is 5.97. The number of carbonyl (C=O) groups excluding carboxylic acids is 1. The lowest BCUT2D eigenvalue weighted by Gasteiger charge is -2.24. The van der Waals surface area contributed by atoms with E-state index in [1.54, 1.807) is 51.5 Å². The van der Waals surface area contributed by atoms with Gasteiger partial charge in [-0.15, -0.1) is 0 Å². The first-order valence-corrected chi connectivity index (χ1v) is 8.79. The Morgan fingerprint density at radius 2 is 1.59 bits per heavy atom. The van der Waals surface area contributed by atoms with Gasteiger partial charge in [-0.3, -0.25) is 4.79 Å². The van der Waals surface area contributed by atoms with Crippen LogP contribution in [0.2, 0.25) is 5.02 Å². The zero-order valence-corrected chi connectivity index (χ0v) is 16.9. The molecule has 2 aromatic carbocycles. The summed E-state index contributed by atoms with van der Waals surface area (Å²) in [6.45, 7) is 1.97. The fourth-order valence-electron chi connectivity index (χ4n) is 2.64. The highest BCUT2D eigenvalue weighted by Gasteiger charge is 2.16. The maximum absolute atomic E-state index is 12.6. The Morgan fingerprint density at radius 1 is 1.04 bits per heavy atom. The van der Waals surface area contributed by atoms with E-state index in [-0.39, 0.29) is 11.9 Å². The first kappa shape index (κ1) is 20.6.